The minimum atomic E-state index is -0.414. The van der Waals surface area contributed by atoms with Gasteiger partial charge in [-0.15, -0.1) is 0 Å². The normalized spacial score (nSPS) is 11.1. The highest BCUT2D eigenvalue weighted by molar-refractivity contribution is 5.75. The standard InChI is InChI=1S/C21H27N5O4/c1-15-7-5-8-16(13-15)30-12-11-23(2)17(27)9-6-10-26-14-22-19-18(26)20(28)25(4)21(29)24(19)3/h5,7-8,13-14H,6,9-12H2,1-4H3. The lowest BCUT2D eigenvalue weighted by Gasteiger charge is -2.17. The Morgan fingerprint density at radius 1 is 1.20 bits per heavy atom. The van der Waals surface area contributed by atoms with Gasteiger partial charge in [0.1, 0.15) is 12.4 Å². The lowest BCUT2D eigenvalue weighted by molar-refractivity contribution is -0.130. The number of nitrogens with zero attached hydrogens (tertiary/aromatic N) is 5. The molecule has 0 N–H and O–H groups in total. The number of likely N-dealkylation sites (N-methyl/N-ethyl adjacent to an activating group) is 1. The van der Waals surface area contributed by atoms with Crippen molar-refractivity contribution in [2.24, 2.45) is 14.1 Å². The molecule has 30 heavy (non-hydrogen) atoms. The van der Waals surface area contributed by atoms with Crippen LogP contribution in [0, 0.1) is 6.92 Å². The molecule has 0 atom stereocenters. The first-order valence-electron chi connectivity index (χ1n) is 9.84. The van der Waals surface area contributed by atoms with Crippen LogP contribution in [0.15, 0.2) is 40.2 Å². The van der Waals surface area contributed by atoms with Crippen molar-refractivity contribution in [3.05, 3.63) is 57.0 Å². The fourth-order valence-electron chi connectivity index (χ4n) is 3.29. The first-order valence-corrected chi connectivity index (χ1v) is 9.84. The average Bonchev–Trinajstić information content (AvgIpc) is 3.14. The van der Waals surface area contributed by atoms with Crippen LogP contribution in [0.1, 0.15) is 18.4 Å². The lowest BCUT2D eigenvalue weighted by Crippen LogP contribution is -2.37. The van der Waals surface area contributed by atoms with Gasteiger partial charge < -0.3 is 14.2 Å². The van der Waals surface area contributed by atoms with E-state index in [-0.39, 0.29) is 11.5 Å². The number of hydrogen-bond acceptors (Lipinski definition) is 5. The summed E-state index contributed by atoms with van der Waals surface area (Å²) in [5, 5.41) is 0. The maximum absolute atomic E-state index is 12.4. The second kappa shape index (κ2) is 8.98. The van der Waals surface area contributed by atoms with E-state index in [1.54, 1.807) is 23.6 Å². The number of amides is 1. The number of imidazole rings is 1. The van der Waals surface area contributed by atoms with Gasteiger partial charge in [-0.1, -0.05) is 12.1 Å². The van der Waals surface area contributed by atoms with E-state index in [0.29, 0.717) is 43.7 Å². The molecule has 0 saturated heterocycles. The van der Waals surface area contributed by atoms with E-state index in [0.717, 1.165) is 15.9 Å². The third-order valence-electron chi connectivity index (χ3n) is 5.12. The van der Waals surface area contributed by atoms with Crippen molar-refractivity contribution in [2.75, 3.05) is 20.2 Å². The van der Waals surface area contributed by atoms with Gasteiger partial charge in [-0.2, -0.15) is 0 Å². The Kier molecular flexibility index (Phi) is 6.39. The van der Waals surface area contributed by atoms with Crippen molar-refractivity contribution in [1.29, 1.82) is 0 Å². The smallest absolute Gasteiger partial charge is 0.332 e. The van der Waals surface area contributed by atoms with Gasteiger partial charge >= 0.3 is 5.69 Å². The van der Waals surface area contributed by atoms with Crippen LogP contribution in [-0.2, 0) is 25.4 Å². The molecule has 1 aromatic carbocycles. The Labute approximate surface area is 174 Å². The molecular formula is C21H27N5O4. The molecule has 0 aliphatic heterocycles. The van der Waals surface area contributed by atoms with Crippen molar-refractivity contribution in [3.8, 4) is 5.75 Å². The lowest BCUT2D eigenvalue weighted by atomic mass is 10.2. The highest BCUT2D eigenvalue weighted by Crippen LogP contribution is 2.12. The highest BCUT2D eigenvalue weighted by Gasteiger charge is 2.15. The van der Waals surface area contributed by atoms with E-state index >= 15 is 0 Å². The minimum Gasteiger partial charge on any atom is -0.492 e. The third-order valence-corrected chi connectivity index (χ3v) is 5.12. The molecule has 9 nitrogen and oxygen atoms in total. The maximum Gasteiger partial charge on any atom is 0.332 e. The molecule has 9 heteroatoms. The summed E-state index contributed by atoms with van der Waals surface area (Å²) in [4.78, 5) is 42.7. The molecule has 0 radical (unpaired) electrons. The third kappa shape index (κ3) is 4.45. The number of fused-ring (bicyclic) bond motifs is 1. The Hall–Kier alpha value is -3.36. The first-order chi connectivity index (χ1) is 14.3. The number of carbonyl (C=O) groups excluding carboxylic acids is 1. The molecule has 0 aliphatic carbocycles. The van der Waals surface area contributed by atoms with E-state index in [1.807, 2.05) is 31.2 Å². The Morgan fingerprint density at radius 2 is 1.97 bits per heavy atom. The molecule has 3 rings (SSSR count). The number of aromatic nitrogens is 4. The molecule has 160 valence electrons. The van der Waals surface area contributed by atoms with Gasteiger partial charge in [0.25, 0.3) is 5.56 Å². The van der Waals surface area contributed by atoms with Crippen molar-refractivity contribution < 1.29 is 9.53 Å². The summed E-state index contributed by atoms with van der Waals surface area (Å²) in [6.45, 7) is 3.37. The number of aryl methyl sites for hydroxylation is 3. The summed E-state index contributed by atoms with van der Waals surface area (Å²) in [5.41, 5.74) is 1.04. The fraction of sp³-hybridized carbons (Fsp3) is 0.429. The summed E-state index contributed by atoms with van der Waals surface area (Å²) in [7, 11) is 4.78. The van der Waals surface area contributed by atoms with Crippen LogP contribution in [0.2, 0.25) is 0 Å². The number of rotatable bonds is 8. The van der Waals surface area contributed by atoms with Crippen LogP contribution in [0.4, 0.5) is 0 Å². The predicted molar refractivity (Wildman–Crippen MR) is 114 cm³/mol. The number of hydrogen-bond donors (Lipinski definition) is 0. The SMILES string of the molecule is Cc1cccc(OCCN(C)C(=O)CCCn2cnc3c2c(=O)n(C)c(=O)n3C)c1. The molecule has 2 heterocycles. The molecule has 0 fully saturated rings. The van der Waals surface area contributed by atoms with E-state index in [9.17, 15) is 14.4 Å². The van der Waals surface area contributed by atoms with Gasteiger partial charge in [-0.25, -0.2) is 9.78 Å². The second-order valence-electron chi connectivity index (χ2n) is 7.40. The average molecular weight is 413 g/mol. The molecular weight excluding hydrogens is 386 g/mol. The molecule has 2 aromatic heterocycles. The molecule has 1 amide bonds. The zero-order valence-corrected chi connectivity index (χ0v) is 17.8. The van der Waals surface area contributed by atoms with Crippen LogP contribution >= 0.6 is 0 Å². The van der Waals surface area contributed by atoms with E-state index in [4.69, 9.17) is 4.74 Å². The molecule has 0 aliphatic rings. The molecule has 0 saturated carbocycles. The van der Waals surface area contributed by atoms with Gasteiger partial charge in [-0.3, -0.25) is 18.7 Å². The maximum atomic E-state index is 12.4. The van der Waals surface area contributed by atoms with Crippen LogP contribution in [0.5, 0.6) is 5.75 Å². The van der Waals surface area contributed by atoms with E-state index in [2.05, 4.69) is 4.98 Å². The van der Waals surface area contributed by atoms with Crippen molar-refractivity contribution >= 4 is 17.1 Å². The molecule has 3 aromatic rings. The van der Waals surface area contributed by atoms with Crippen molar-refractivity contribution in [1.82, 2.24) is 23.6 Å². The van der Waals surface area contributed by atoms with E-state index < -0.39 is 5.69 Å². The quantitative estimate of drug-likeness (QED) is 0.551. The molecule has 0 spiro atoms. The fourth-order valence-corrected chi connectivity index (χ4v) is 3.29. The Bertz CT molecular complexity index is 1170. The summed E-state index contributed by atoms with van der Waals surface area (Å²) < 4.78 is 9.80. The summed E-state index contributed by atoms with van der Waals surface area (Å²) in [5.74, 6) is 0.798. The first kappa shape index (κ1) is 21.4. The molecule has 0 unspecified atom stereocenters. The van der Waals surface area contributed by atoms with Gasteiger partial charge in [0.2, 0.25) is 5.91 Å². The van der Waals surface area contributed by atoms with Crippen LogP contribution in [0.3, 0.4) is 0 Å². The zero-order chi connectivity index (χ0) is 21.8. The highest BCUT2D eigenvalue weighted by atomic mass is 16.5. The van der Waals surface area contributed by atoms with Crippen molar-refractivity contribution in [3.63, 3.8) is 0 Å². The Morgan fingerprint density at radius 3 is 2.70 bits per heavy atom. The largest absolute Gasteiger partial charge is 0.492 e. The topological polar surface area (TPSA) is 91.4 Å². The molecule has 0 bridgehead atoms. The van der Waals surface area contributed by atoms with E-state index in [1.165, 1.54) is 17.9 Å². The van der Waals surface area contributed by atoms with Crippen molar-refractivity contribution in [2.45, 2.75) is 26.3 Å². The predicted octanol–water partition coefficient (Wildman–Crippen LogP) is 1.06. The van der Waals surface area contributed by atoms with Gasteiger partial charge in [0.05, 0.1) is 12.9 Å². The van der Waals surface area contributed by atoms with Gasteiger partial charge in [0, 0.05) is 34.1 Å². The summed E-state index contributed by atoms with van der Waals surface area (Å²) >= 11 is 0. The summed E-state index contributed by atoms with van der Waals surface area (Å²) in [6.07, 6.45) is 2.43. The van der Waals surface area contributed by atoms with Crippen LogP contribution < -0.4 is 16.0 Å². The Balaban J connectivity index is 1.53. The monoisotopic (exact) mass is 413 g/mol. The number of benzene rings is 1. The van der Waals surface area contributed by atoms with Gasteiger partial charge in [0.15, 0.2) is 11.2 Å². The summed E-state index contributed by atoms with van der Waals surface area (Å²) in [6, 6.07) is 7.79. The number of carbonyl (C=O) groups is 1. The van der Waals surface area contributed by atoms with Gasteiger partial charge in [-0.05, 0) is 31.0 Å². The van der Waals surface area contributed by atoms with Crippen LogP contribution in [0.25, 0.3) is 11.2 Å². The zero-order valence-electron chi connectivity index (χ0n) is 17.8. The second-order valence-corrected chi connectivity index (χ2v) is 7.40. The number of ether oxygens (including phenoxy) is 1. The minimum absolute atomic E-state index is 0.00701. The van der Waals surface area contributed by atoms with Crippen LogP contribution in [-0.4, -0.2) is 49.7 Å².